The van der Waals surface area contributed by atoms with Crippen LogP contribution >= 0.6 is 0 Å². The Morgan fingerprint density at radius 3 is 1.93 bits per heavy atom. The van der Waals surface area contributed by atoms with Crippen LogP contribution in [0.1, 0.15) is 39.2 Å². The lowest BCUT2D eigenvalue weighted by Gasteiger charge is -2.18. The van der Waals surface area contributed by atoms with Crippen LogP contribution in [0.2, 0.25) is 0 Å². The van der Waals surface area contributed by atoms with Gasteiger partial charge < -0.3 is 0 Å². The molecule has 5 nitrogen and oxygen atoms in total. The van der Waals surface area contributed by atoms with Gasteiger partial charge >= 0.3 is 0 Å². The van der Waals surface area contributed by atoms with E-state index in [-0.39, 0.29) is 0 Å². The highest BCUT2D eigenvalue weighted by atomic mass is 16.1. The van der Waals surface area contributed by atoms with Crippen molar-refractivity contribution in [3.05, 3.63) is 87.8 Å². The highest BCUT2D eigenvalue weighted by molar-refractivity contribution is 6.03. The molecule has 3 rings (SSSR count). The molecule has 0 unspecified atom stereocenters. The Labute approximate surface area is 165 Å². The molecule has 0 aliphatic heterocycles. The molecule has 0 spiro atoms. The lowest BCUT2D eigenvalue weighted by Crippen LogP contribution is -2.04. The Morgan fingerprint density at radius 2 is 1.50 bits per heavy atom. The third-order valence-electron chi connectivity index (χ3n) is 4.77. The SMILES string of the molecule is Cc1ccc(C(=C(/C=C/C=O)c2nnnn2C)c2ccc(C)cc2C)c(C)c1. The van der Waals surface area contributed by atoms with Crippen LogP contribution < -0.4 is 0 Å². The molecule has 0 amide bonds. The Hall–Kier alpha value is -3.34. The van der Waals surface area contributed by atoms with Crippen LogP contribution in [-0.4, -0.2) is 26.5 Å². The van der Waals surface area contributed by atoms with E-state index in [4.69, 9.17) is 0 Å². The average molecular weight is 372 g/mol. The van der Waals surface area contributed by atoms with Gasteiger partial charge in [-0.3, -0.25) is 4.79 Å². The van der Waals surface area contributed by atoms with Crippen molar-refractivity contribution in [2.45, 2.75) is 27.7 Å². The molecule has 0 saturated heterocycles. The van der Waals surface area contributed by atoms with Crippen LogP contribution in [-0.2, 0) is 11.8 Å². The van der Waals surface area contributed by atoms with Gasteiger partial charge in [0.15, 0.2) is 5.82 Å². The van der Waals surface area contributed by atoms with E-state index in [9.17, 15) is 4.79 Å². The van der Waals surface area contributed by atoms with E-state index in [2.05, 4.69) is 79.6 Å². The second-order valence-electron chi connectivity index (χ2n) is 7.05. The van der Waals surface area contributed by atoms with Crippen molar-refractivity contribution in [2.24, 2.45) is 7.05 Å². The summed E-state index contributed by atoms with van der Waals surface area (Å²) in [5.74, 6) is 0.605. The van der Waals surface area contributed by atoms with Crippen molar-refractivity contribution in [1.82, 2.24) is 20.2 Å². The van der Waals surface area contributed by atoms with E-state index in [0.29, 0.717) is 5.82 Å². The summed E-state index contributed by atoms with van der Waals surface area (Å²) in [6.07, 6.45) is 4.04. The first-order chi connectivity index (χ1) is 13.4. The molecule has 0 fully saturated rings. The molecule has 142 valence electrons. The fourth-order valence-electron chi connectivity index (χ4n) is 3.49. The van der Waals surface area contributed by atoms with Crippen molar-refractivity contribution < 1.29 is 4.79 Å². The number of tetrazole rings is 1. The monoisotopic (exact) mass is 372 g/mol. The minimum Gasteiger partial charge on any atom is -0.299 e. The second kappa shape index (κ2) is 8.13. The summed E-state index contributed by atoms with van der Waals surface area (Å²) < 4.78 is 1.62. The molecular weight excluding hydrogens is 348 g/mol. The van der Waals surface area contributed by atoms with Gasteiger partial charge in [-0.05, 0) is 72.5 Å². The lowest BCUT2D eigenvalue weighted by atomic mass is 9.86. The van der Waals surface area contributed by atoms with Gasteiger partial charge in [0.2, 0.25) is 0 Å². The predicted octanol–water partition coefficient (Wildman–Crippen LogP) is 4.16. The maximum atomic E-state index is 11.1. The summed E-state index contributed by atoms with van der Waals surface area (Å²) >= 11 is 0. The third-order valence-corrected chi connectivity index (χ3v) is 4.77. The molecule has 0 saturated carbocycles. The van der Waals surface area contributed by atoms with Gasteiger partial charge in [0, 0.05) is 18.2 Å². The van der Waals surface area contributed by atoms with Gasteiger partial charge in [-0.15, -0.1) is 5.10 Å². The highest BCUT2D eigenvalue weighted by Crippen LogP contribution is 2.36. The van der Waals surface area contributed by atoms with E-state index in [1.165, 1.54) is 17.2 Å². The number of nitrogens with zero attached hydrogens (tertiary/aromatic N) is 4. The van der Waals surface area contributed by atoms with Crippen LogP contribution in [0, 0.1) is 27.7 Å². The molecular formula is C23H24N4O. The molecule has 0 radical (unpaired) electrons. The van der Waals surface area contributed by atoms with Gasteiger partial charge in [0.25, 0.3) is 0 Å². The number of benzene rings is 2. The van der Waals surface area contributed by atoms with Crippen molar-refractivity contribution in [2.75, 3.05) is 0 Å². The number of aromatic nitrogens is 4. The zero-order valence-corrected chi connectivity index (χ0v) is 16.9. The topological polar surface area (TPSA) is 60.7 Å². The van der Waals surface area contributed by atoms with Crippen LogP contribution in [0.3, 0.4) is 0 Å². The first-order valence-electron chi connectivity index (χ1n) is 9.16. The van der Waals surface area contributed by atoms with Crippen molar-refractivity contribution in [1.29, 1.82) is 0 Å². The standard InChI is InChI=1S/C23H24N4O/c1-15-8-10-19(17(3)13-15)22(20-11-9-16(2)14-18(20)4)21(7-6-12-28)23-24-25-26-27(23)5/h6-14H,1-5H3/b7-6+. The quantitative estimate of drug-likeness (QED) is 0.383. The molecule has 0 aliphatic rings. The summed E-state index contributed by atoms with van der Waals surface area (Å²) in [4.78, 5) is 11.1. The number of aryl methyl sites for hydroxylation is 5. The Bertz CT molecular complexity index is 1040. The third kappa shape index (κ3) is 3.83. The van der Waals surface area contributed by atoms with E-state index >= 15 is 0 Å². The van der Waals surface area contributed by atoms with Crippen LogP contribution in [0.4, 0.5) is 0 Å². The fraction of sp³-hybridized carbons (Fsp3) is 0.217. The second-order valence-corrected chi connectivity index (χ2v) is 7.05. The predicted molar refractivity (Wildman–Crippen MR) is 112 cm³/mol. The van der Waals surface area contributed by atoms with Gasteiger partial charge in [-0.1, -0.05) is 47.5 Å². The number of rotatable bonds is 5. The number of carbonyl (C=O) groups excluding carboxylic acids is 1. The van der Waals surface area contributed by atoms with Gasteiger partial charge in [-0.2, -0.15) is 0 Å². The molecule has 5 heteroatoms. The lowest BCUT2D eigenvalue weighted by molar-refractivity contribution is -0.104. The van der Waals surface area contributed by atoms with Crippen molar-refractivity contribution >= 4 is 17.4 Å². The zero-order valence-electron chi connectivity index (χ0n) is 16.9. The first-order valence-corrected chi connectivity index (χ1v) is 9.16. The van der Waals surface area contributed by atoms with E-state index in [1.54, 1.807) is 17.8 Å². The number of hydrogen-bond acceptors (Lipinski definition) is 4. The van der Waals surface area contributed by atoms with E-state index in [1.807, 2.05) is 0 Å². The fourth-order valence-corrected chi connectivity index (χ4v) is 3.49. The van der Waals surface area contributed by atoms with Gasteiger partial charge in [-0.25, -0.2) is 4.68 Å². The van der Waals surface area contributed by atoms with Crippen LogP contribution in [0.15, 0.2) is 48.6 Å². The van der Waals surface area contributed by atoms with E-state index in [0.717, 1.165) is 39.7 Å². The molecule has 0 N–H and O–H groups in total. The Kier molecular flexibility index (Phi) is 5.64. The first kappa shape index (κ1) is 19.4. The summed E-state index contributed by atoms with van der Waals surface area (Å²) in [5.41, 5.74) is 8.70. The molecule has 1 aromatic heterocycles. The molecule has 0 aliphatic carbocycles. The molecule has 3 aromatic rings. The number of allylic oxidation sites excluding steroid dienone is 3. The minimum atomic E-state index is 0.605. The van der Waals surface area contributed by atoms with Gasteiger partial charge in [0.05, 0.1) is 0 Å². The van der Waals surface area contributed by atoms with E-state index < -0.39 is 0 Å². The molecule has 0 atom stereocenters. The summed E-state index contributed by atoms with van der Waals surface area (Å²) in [7, 11) is 1.80. The maximum Gasteiger partial charge on any atom is 0.182 e. The van der Waals surface area contributed by atoms with Gasteiger partial charge in [0.1, 0.15) is 6.29 Å². The van der Waals surface area contributed by atoms with Crippen molar-refractivity contribution in [3.8, 4) is 0 Å². The Balaban J connectivity index is 2.45. The molecule has 0 bridgehead atoms. The Morgan fingerprint density at radius 1 is 0.929 bits per heavy atom. The maximum absolute atomic E-state index is 11.1. The number of aldehydes is 1. The highest BCUT2D eigenvalue weighted by Gasteiger charge is 2.19. The number of hydrogen-bond donors (Lipinski definition) is 0. The smallest absolute Gasteiger partial charge is 0.182 e. The summed E-state index contributed by atoms with van der Waals surface area (Å²) in [6, 6.07) is 12.8. The molecule has 2 aromatic carbocycles. The largest absolute Gasteiger partial charge is 0.299 e. The number of carbonyl (C=O) groups is 1. The van der Waals surface area contributed by atoms with Crippen molar-refractivity contribution in [3.63, 3.8) is 0 Å². The zero-order chi connectivity index (χ0) is 20.3. The summed E-state index contributed by atoms with van der Waals surface area (Å²) in [6.45, 7) is 8.36. The minimum absolute atomic E-state index is 0.605. The molecule has 28 heavy (non-hydrogen) atoms. The normalized spacial score (nSPS) is 11.0. The summed E-state index contributed by atoms with van der Waals surface area (Å²) in [5, 5.41) is 12.0. The van der Waals surface area contributed by atoms with Crippen LogP contribution in [0.25, 0.3) is 11.1 Å². The molecule has 1 heterocycles. The van der Waals surface area contributed by atoms with Crippen LogP contribution in [0.5, 0.6) is 0 Å². The average Bonchev–Trinajstić information content (AvgIpc) is 3.06.